The minimum absolute atomic E-state index is 0.328. The molecule has 0 aliphatic carbocycles. The largest absolute Gasteiger partial charge is 0.449 e. The van der Waals surface area contributed by atoms with Crippen LogP contribution in [0.4, 0.5) is 5.13 Å². The summed E-state index contributed by atoms with van der Waals surface area (Å²) in [5, 5.41) is 6.31. The van der Waals surface area contributed by atoms with E-state index in [2.05, 4.69) is 15.3 Å². The highest BCUT2D eigenvalue weighted by atomic mass is 32.1. The molecule has 1 unspecified atom stereocenters. The highest BCUT2D eigenvalue weighted by molar-refractivity contribution is 7.13. The van der Waals surface area contributed by atoms with Crippen LogP contribution in [-0.4, -0.2) is 27.9 Å². The number of rotatable bonds is 5. The number of hydrogen-bond donors (Lipinski definition) is 1. The Labute approximate surface area is 186 Å². The maximum atomic E-state index is 13.1. The zero-order valence-corrected chi connectivity index (χ0v) is 17.8. The van der Waals surface area contributed by atoms with E-state index in [-0.39, 0.29) is 0 Å². The number of benzene rings is 3. The van der Waals surface area contributed by atoms with E-state index >= 15 is 0 Å². The number of esters is 1. The lowest BCUT2D eigenvalue weighted by atomic mass is 9.99. The fourth-order valence-electron chi connectivity index (χ4n) is 3.45. The monoisotopic (exact) mass is 443 g/mol. The molecule has 5 aromatic rings. The van der Waals surface area contributed by atoms with Crippen molar-refractivity contribution in [3.8, 4) is 11.5 Å². The molecule has 0 saturated carbocycles. The highest BCUT2D eigenvalue weighted by Gasteiger charge is 2.23. The summed E-state index contributed by atoms with van der Waals surface area (Å²) in [4.78, 5) is 34.0. The molecular formula is C24H17N3O4S. The van der Waals surface area contributed by atoms with E-state index in [0.29, 0.717) is 33.1 Å². The molecule has 3 aromatic carbocycles. The Morgan fingerprint density at radius 2 is 1.88 bits per heavy atom. The van der Waals surface area contributed by atoms with Gasteiger partial charge in [0.25, 0.3) is 5.91 Å². The van der Waals surface area contributed by atoms with Gasteiger partial charge in [0, 0.05) is 22.5 Å². The molecule has 0 aliphatic heterocycles. The predicted molar refractivity (Wildman–Crippen MR) is 123 cm³/mol. The lowest BCUT2D eigenvalue weighted by Gasteiger charge is -2.14. The quantitative estimate of drug-likeness (QED) is 0.371. The van der Waals surface area contributed by atoms with Gasteiger partial charge in [-0.25, -0.2) is 14.8 Å². The Morgan fingerprint density at radius 1 is 1.06 bits per heavy atom. The number of nitrogens with zero attached hydrogens (tertiary/aromatic N) is 2. The number of ether oxygens (including phenoxy) is 1. The maximum absolute atomic E-state index is 13.1. The van der Waals surface area contributed by atoms with Gasteiger partial charge in [0.05, 0.1) is 5.56 Å². The van der Waals surface area contributed by atoms with Crippen LogP contribution in [0.15, 0.2) is 76.7 Å². The summed E-state index contributed by atoms with van der Waals surface area (Å²) >= 11 is 1.29. The van der Waals surface area contributed by atoms with E-state index in [4.69, 9.17) is 9.15 Å². The van der Waals surface area contributed by atoms with E-state index in [9.17, 15) is 9.59 Å². The summed E-state index contributed by atoms with van der Waals surface area (Å²) in [6.07, 6.45) is 0.582. The van der Waals surface area contributed by atoms with E-state index < -0.39 is 18.0 Å². The normalized spacial score (nSPS) is 12.0. The molecule has 2 aromatic heterocycles. The number of anilines is 1. The van der Waals surface area contributed by atoms with Crippen molar-refractivity contribution in [2.75, 3.05) is 5.32 Å². The van der Waals surface area contributed by atoms with Crippen molar-refractivity contribution in [2.45, 2.75) is 13.0 Å². The van der Waals surface area contributed by atoms with E-state index in [1.54, 1.807) is 23.7 Å². The van der Waals surface area contributed by atoms with Crippen molar-refractivity contribution in [2.24, 2.45) is 0 Å². The van der Waals surface area contributed by atoms with Crippen molar-refractivity contribution in [3.63, 3.8) is 0 Å². The number of nitrogens with one attached hydrogen (secondary N) is 1. The van der Waals surface area contributed by atoms with Gasteiger partial charge in [-0.05, 0) is 36.6 Å². The van der Waals surface area contributed by atoms with Crippen LogP contribution < -0.4 is 5.32 Å². The van der Waals surface area contributed by atoms with Gasteiger partial charge in [-0.2, -0.15) is 0 Å². The van der Waals surface area contributed by atoms with Gasteiger partial charge in [-0.1, -0.05) is 36.4 Å². The second kappa shape index (κ2) is 8.24. The molecule has 1 N–H and O–H groups in total. The first kappa shape index (κ1) is 19.9. The molecule has 158 valence electrons. The Hall–Kier alpha value is -4.04. The summed E-state index contributed by atoms with van der Waals surface area (Å²) in [5.74, 6) is -0.653. The van der Waals surface area contributed by atoms with Gasteiger partial charge < -0.3 is 9.15 Å². The first-order chi connectivity index (χ1) is 15.6. The van der Waals surface area contributed by atoms with Gasteiger partial charge in [0.15, 0.2) is 16.8 Å². The summed E-state index contributed by atoms with van der Waals surface area (Å²) in [6, 6.07) is 18.4. The Morgan fingerprint density at radius 3 is 2.66 bits per heavy atom. The van der Waals surface area contributed by atoms with Gasteiger partial charge in [-0.3, -0.25) is 10.1 Å². The zero-order chi connectivity index (χ0) is 22.1. The van der Waals surface area contributed by atoms with Crippen molar-refractivity contribution >= 4 is 50.2 Å². The summed E-state index contributed by atoms with van der Waals surface area (Å²) in [5.41, 5.74) is 2.39. The average Bonchev–Trinajstić information content (AvgIpc) is 3.47. The predicted octanol–water partition coefficient (Wildman–Crippen LogP) is 5.29. The van der Waals surface area contributed by atoms with Crippen LogP contribution >= 0.6 is 11.3 Å². The minimum atomic E-state index is -1.00. The van der Waals surface area contributed by atoms with Crippen LogP contribution in [0.2, 0.25) is 0 Å². The van der Waals surface area contributed by atoms with Gasteiger partial charge >= 0.3 is 5.97 Å². The van der Waals surface area contributed by atoms with Crippen molar-refractivity contribution in [3.05, 3.63) is 77.8 Å². The summed E-state index contributed by atoms with van der Waals surface area (Å²) in [7, 11) is 0. The zero-order valence-electron chi connectivity index (χ0n) is 16.9. The van der Waals surface area contributed by atoms with Crippen LogP contribution in [0.25, 0.3) is 33.3 Å². The van der Waals surface area contributed by atoms with Crippen molar-refractivity contribution < 1.29 is 18.7 Å². The fraction of sp³-hybridized carbons (Fsp3) is 0.0833. The summed E-state index contributed by atoms with van der Waals surface area (Å²) in [6.45, 7) is 1.52. The molecule has 2 heterocycles. The molecule has 0 saturated heterocycles. The topological polar surface area (TPSA) is 94.3 Å². The molecule has 32 heavy (non-hydrogen) atoms. The van der Waals surface area contributed by atoms with Crippen LogP contribution in [0.1, 0.15) is 17.3 Å². The molecule has 0 aliphatic rings. The number of hydrogen-bond acceptors (Lipinski definition) is 7. The lowest BCUT2D eigenvalue weighted by molar-refractivity contribution is -0.123. The lowest BCUT2D eigenvalue weighted by Crippen LogP contribution is -2.30. The number of amides is 1. The van der Waals surface area contributed by atoms with Crippen LogP contribution in [0.5, 0.6) is 0 Å². The van der Waals surface area contributed by atoms with Crippen LogP contribution in [0, 0.1) is 0 Å². The smallest absolute Gasteiger partial charge is 0.339 e. The number of thiazole rings is 1. The van der Waals surface area contributed by atoms with Gasteiger partial charge in [-0.15, -0.1) is 11.3 Å². The molecule has 0 spiro atoms. The number of oxazole rings is 1. The third kappa shape index (κ3) is 3.72. The number of aromatic nitrogens is 2. The fourth-order valence-corrected chi connectivity index (χ4v) is 3.98. The number of carbonyl (C=O) groups excluding carboxylic acids is 2. The molecule has 1 atom stereocenters. The van der Waals surface area contributed by atoms with Crippen LogP contribution in [-0.2, 0) is 9.53 Å². The maximum Gasteiger partial charge on any atom is 0.339 e. The minimum Gasteiger partial charge on any atom is -0.449 e. The molecule has 0 fully saturated rings. The Balaban J connectivity index is 1.50. The van der Waals surface area contributed by atoms with Gasteiger partial charge in [0.1, 0.15) is 5.52 Å². The first-order valence-corrected chi connectivity index (χ1v) is 10.8. The second-order valence-electron chi connectivity index (χ2n) is 7.07. The molecule has 7 nitrogen and oxygen atoms in total. The van der Waals surface area contributed by atoms with Gasteiger partial charge in [0.2, 0.25) is 5.89 Å². The van der Waals surface area contributed by atoms with Crippen molar-refractivity contribution in [1.29, 1.82) is 0 Å². The molecular weight excluding hydrogens is 426 g/mol. The summed E-state index contributed by atoms with van der Waals surface area (Å²) < 4.78 is 11.4. The van der Waals surface area contributed by atoms with Crippen LogP contribution in [0.3, 0.4) is 0 Å². The molecule has 0 bridgehead atoms. The standard InChI is InChI=1S/C24H17N3O4S/c1-14(21(28)27-24-25-12-13-32-24)30-23(29)17-9-5-7-15-6-4-8-16(20(15)17)22-26-18-10-2-3-11-19(18)31-22/h2-14H,1H3,(H,25,27,28). The number of para-hydroxylation sites is 2. The molecule has 0 radical (unpaired) electrons. The number of carbonyl (C=O) groups is 2. The molecule has 5 rings (SSSR count). The highest BCUT2D eigenvalue weighted by Crippen LogP contribution is 2.33. The third-order valence-corrected chi connectivity index (χ3v) is 5.65. The van der Waals surface area contributed by atoms with E-state index in [0.717, 1.165) is 10.9 Å². The van der Waals surface area contributed by atoms with E-state index in [1.165, 1.54) is 18.3 Å². The molecule has 1 amide bonds. The average molecular weight is 443 g/mol. The molecule has 8 heteroatoms. The third-order valence-electron chi connectivity index (χ3n) is 4.96. The second-order valence-corrected chi connectivity index (χ2v) is 7.96. The Bertz CT molecular complexity index is 1400. The van der Waals surface area contributed by atoms with E-state index in [1.807, 2.05) is 48.5 Å². The SMILES string of the molecule is CC(OC(=O)c1cccc2cccc(-c3nc4ccccc4o3)c12)C(=O)Nc1nccs1. The van der Waals surface area contributed by atoms with Crippen molar-refractivity contribution in [1.82, 2.24) is 9.97 Å². The Kier molecular flexibility index (Phi) is 5.12. The number of fused-ring (bicyclic) bond motifs is 2. The first-order valence-electron chi connectivity index (χ1n) is 9.89.